The first kappa shape index (κ1) is 13.6. The van der Waals surface area contributed by atoms with E-state index in [4.69, 9.17) is 0 Å². The molecule has 0 bridgehead atoms. The van der Waals surface area contributed by atoms with Gasteiger partial charge in [0.15, 0.2) is 0 Å². The molecule has 0 aliphatic heterocycles. The van der Waals surface area contributed by atoms with Crippen molar-refractivity contribution in [1.29, 1.82) is 0 Å². The zero-order valence-electron chi connectivity index (χ0n) is 10.6. The second kappa shape index (κ2) is 6.34. The summed E-state index contributed by atoms with van der Waals surface area (Å²) in [5.41, 5.74) is 1.45. The van der Waals surface area contributed by atoms with Crippen LogP contribution in [-0.2, 0) is 17.9 Å². The summed E-state index contributed by atoms with van der Waals surface area (Å²) >= 11 is 0. The topological polar surface area (TPSA) is 80.0 Å². The minimum atomic E-state index is -0.139. The summed E-state index contributed by atoms with van der Waals surface area (Å²) in [4.78, 5) is 11.4. The Morgan fingerprint density at radius 1 is 1.47 bits per heavy atom. The van der Waals surface area contributed by atoms with Crippen LogP contribution in [0, 0.1) is 0 Å². The fourth-order valence-electron chi connectivity index (χ4n) is 1.92. The van der Waals surface area contributed by atoms with Crippen LogP contribution in [0.3, 0.4) is 0 Å². The monoisotopic (exact) mass is 240 g/mol. The first-order valence-corrected chi connectivity index (χ1v) is 5.91. The lowest BCUT2D eigenvalue weighted by Gasteiger charge is -2.15. The number of hydrogen-bond donors (Lipinski definition) is 2. The summed E-state index contributed by atoms with van der Waals surface area (Å²) in [5.74, 6) is 0.156. The Labute approximate surface area is 101 Å². The van der Waals surface area contributed by atoms with Crippen LogP contribution >= 0.6 is 0 Å². The van der Waals surface area contributed by atoms with Crippen LogP contribution in [0.15, 0.2) is 0 Å². The molecule has 0 aliphatic rings. The number of aliphatic hydroxyl groups excluding tert-OH is 1. The van der Waals surface area contributed by atoms with Crippen LogP contribution in [-0.4, -0.2) is 33.1 Å². The molecule has 0 unspecified atom stereocenters. The van der Waals surface area contributed by atoms with Gasteiger partial charge in [-0.1, -0.05) is 19.1 Å². The molecule has 0 saturated carbocycles. The molecule has 1 aromatic heterocycles. The number of carbonyl (C=O) groups is 1. The van der Waals surface area contributed by atoms with Crippen LogP contribution < -0.4 is 5.32 Å². The highest BCUT2D eigenvalue weighted by molar-refractivity contribution is 5.75. The van der Waals surface area contributed by atoms with Crippen molar-refractivity contribution in [1.82, 2.24) is 20.3 Å². The number of aromatic nitrogens is 3. The van der Waals surface area contributed by atoms with Gasteiger partial charge in [0.25, 0.3) is 0 Å². The highest BCUT2D eigenvalue weighted by Gasteiger charge is 2.20. The van der Waals surface area contributed by atoms with Gasteiger partial charge in [-0.15, -0.1) is 5.10 Å². The number of rotatable bonds is 6. The van der Waals surface area contributed by atoms with Crippen LogP contribution in [0.5, 0.6) is 0 Å². The zero-order valence-corrected chi connectivity index (χ0v) is 10.6. The Morgan fingerprint density at radius 3 is 2.59 bits per heavy atom. The molecule has 6 heteroatoms. The van der Waals surface area contributed by atoms with Gasteiger partial charge in [0, 0.05) is 13.0 Å². The summed E-state index contributed by atoms with van der Waals surface area (Å²) in [7, 11) is 1.59. The summed E-state index contributed by atoms with van der Waals surface area (Å²) in [6.45, 7) is 4.16. The van der Waals surface area contributed by atoms with Gasteiger partial charge < -0.3 is 10.4 Å². The third-order valence-corrected chi connectivity index (χ3v) is 2.94. The van der Waals surface area contributed by atoms with Gasteiger partial charge in [0.1, 0.15) is 12.2 Å². The minimum Gasteiger partial charge on any atom is -0.390 e. The van der Waals surface area contributed by atoms with Gasteiger partial charge in [-0.2, -0.15) is 0 Å². The number of carbonyl (C=O) groups excluding carboxylic acids is 1. The second-order valence-electron chi connectivity index (χ2n) is 3.92. The summed E-state index contributed by atoms with van der Waals surface area (Å²) in [6, 6.07) is 0. The van der Waals surface area contributed by atoms with E-state index < -0.39 is 0 Å². The summed E-state index contributed by atoms with van der Waals surface area (Å²) in [5, 5.41) is 19.7. The van der Waals surface area contributed by atoms with E-state index >= 15 is 0 Å². The Balaban J connectivity index is 3.04. The molecule has 0 saturated heterocycles. The maximum Gasteiger partial charge on any atom is 0.241 e. The van der Waals surface area contributed by atoms with Crippen molar-refractivity contribution in [2.24, 2.45) is 0 Å². The fraction of sp³-hybridized carbons (Fsp3) is 0.727. The first-order valence-electron chi connectivity index (χ1n) is 5.91. The van der Waals surface area contributed by atoms with Crippen molar-refractivity contribution in [3.05, 3.63) is 11.4 Å². The minimum absolute atomic E-state index is 0.119. The molecule has 0 aromatic carbocycles. The van der Waals surface area contributed by atoms with Gasteiger partial charge >= 0.3 is 0 Å². The van der Waals surface area contributed by atoms with Crippen LogP contribution in [0.25, 0.3) is 0 Å². The van der Waals surface area contributed by atoms with Crippen molar-refractivity contribution in [2.75, 3.05) is 7.05 Å². The summed E-state index contributed by atoms with van der Waals surface area (Å²) in [6.07, 6.45) is 1.87. The number of nitrogens with zero attached hydrogens (tertiary/aromatic N) is 3. The van der Waals surface area contributed by atoms with Crippen molar-refractivity contribution >= 4 is 5.91 Å². The standard InChI is InChI=1S/C11H20N4O2/c1-4-8(5-2)11-9(7-16)13-14-15(11)6-10(17)12-3/h8,16H,4-7H2,1-3H3,(H,12,17). The largest absolute Gasteiger partial charge is 0.390 e. The van der Waals surface area contributed by atoms with E-state index in [2.05, 4.69) is 29.5 Å². The molecule has 0 spiro atoms. The van der Waals surface area contributed by atoms with Crippen molar-refractivity contribution < 1.29 is 9.90 Å². The van der Waals surface area contributed by atoms with Gasteiger partial charge in [-0.05, 0) is 12.8 Å². The van der Waals surface area contributed by atoms with E-state index in [0.717, 1.165) is 18.5 Å². The van der Waals surface area contributed by atoms with E-state index in [0.29, 0.717) is 5.69 Å². The smallest absolute Gasteiger partial charge is 0.241 e. The third kappa shape index (κ3) is 3.03. The molecular formula is C11H20N4O2. The Hall–Kier alpha value is -1.43. The van der Waals surface area contributed by atoms with E-state index in [9.17, 15) is 9.90 Å². The average Bonchev–Trinajstić information content (AvgIpc) is 2.74. The Morgan fingerprint density at radius 2 is 2.12 bits per heavy atom. The lowest BCUT2D eigenvalue weighted by Crippen LogP contribution is -2.25. The van der Waals surface area contributed by atoms with Crippen LogP contribution in [0.1, 0.15) is 44.0 Å². The van der Waals surface area contributed by atoms with Gasteiger partial charge in [0.05, 0.1) is 12.3 Å². The van der Waals surface area contributed by atoms with Crippen molar-refractivity contribution in [3.63, 3.8) is 0 Å². The normalized spacial score (nSPS) is 10.9. The number of hydrogen-bond acceptors (Lipinski definition) is 4. The molecule has 1 aromatic rings. The highest BCUT2D eigenvalue weighted by Crippen LogP contribution is 2.25. The van der Waals surface area contributed by atoms with Gasteiger partial charge in [-0.3, -0.25) is 4.79 Å². The Kier molecular flexibility index (Phi) is 5.09. The SMILES string of the molecule is CCC(CC)c1c(CO)nnn1CC(=O)NC. The predicted octanol–water partition coefficient (Wildman–Crippen LogP) is 0.420. The molecule has 1 heterocycles. The molecular weight excluding hydrogens is 220 g/mol. The molecule has 1 rings (SSSR count). The molecule has 0 radical (unpaired) electrons. The number of aliphatic hydroxyl groups is 1. The van der Waals surface area contributed by atoms with Gasteiger partial charge in [-0.25, -0.2) is 4.68 Å². The number of likely N-dealkylation sites (N-methyl/N-ethyl adjacent to an activating group) is 1. The molecule has 6 nitrogen and oxygen atoms in total. The van der Waals surface area contributed by atoms with Crippen molar-refractivity contribution in [3.8, 4) is 0 Å². The Bertz CT molecular complexity index is 372. The third-order valence-electron chi connectivity index (χ3n) is 2.94. The van der Waals surface area contributed by atoms with E-state index in [1.165, 1.54) is 0 Å². The highest BCUT2D eigenvalue weighted by atomic mass is 16.3. The second-order valence-corrected chi connectivity index (χ2v) is 3.92. The average molecular weight is 240 g/mol. The predicted molar refractivity (Wildman–Crippen MR) is 63.3 cm³/mol. The quantitative estimate of drug-likeness (QED) is 0.755. The zero-order chi connectivity index (χ0) is 12.8. The van der Waals surface area contributed by atoms with Crippen molar-refractivity contribution in [2.45, 2.75) is 45.8 Å². The molecule has 96 valence electrons. The maximum absolute atomic E-state index is 11.4. The molecule has 2 N–H and O–H groups in total. The molecule has 0 fully saturated rings. The molecule has 0 aliphatic carbocycles. The van der Waals surface area contributed by atoms with E-state index in [-0.39, 0.29) is 25.0 Å². The van der Waals surface area contributed by atoms with Crippen LogP contribution in [0.4, 0.5) is 0 Å². The first-order chi connectivity index (χ1) is 8.17. The van der Waals surface area contributed by atoms with E-state index in [1.807, 2.05) is 0 Å². The number of amides is 1. The van der Waals surface area contributed by atoms with E-state index in [1.54, 1.807) is 11.7 Å². The fourth-order valence-corrected chi connectivity index (χ4v) is 1.92. The molecule has 17 heavy (non-hydrogen) atoms. The molecule has 0 atom stereocenters. The lowest BCUT2D eigenvalue weighted by molar-refractivity contribution is -0.121. The number of nitrogens with one attached hydrogen (secondary N) is 1. The van der Waals surface area contributed by atoms with Crippen LogP contribution in [0.2, 0.25) is 0 Å². The lowest BCUT2D eigenvalue weighted by atomic mass is 9.97. The van der Waals surface area contributed by atoms with Gasteiger partial charge in [0.2, 0.25) is 5.91 Å². The summed E-state index contributed by atoms with van der Waals surface area (Å²) < 4.78 is 1.59. The maximum atomic E-state index is 11.4. The molecule has 1 amide bonds.